The molecule has 0 amide bonds. The first-order valence-corrected chi connectivity index (χ1v) is 20.9. The quantitative estimate of drug-likeness (QED) is 0.168. The molecule has 0 atom stereocenters. The summed E-state index contributed by atoms with van der Waals surface area (Å²) < 4.78 is 13.4. The zero-order chi connectivity index (χ0) is 40.7. The van der Waals surface area contributed by atoms with Crippen molar-refractivity contribution in [3.8, 4) is 51.0 Å². The lowest BCUT2D eigenvalue weighted by atomic mass is 10.0. The number of fused-ring (bicyclic) bond motifs is 10. The molecule has 9 aromatic carbocycles. The van der Waals surface area contributed by atoms with Gasteiger partial charge in [-0.25, -0.2) is 0 Å². The Kier molecular flexibility index (Phi) is 7.50. The molecule has 290 valence electrons. The lowest BCUT2D eigenvalue weighted by molar-refractivity contribution is 0.669. The summed E-state index contributed by atoms with van der Waals surface area (Å²) in [5.41, 5.74) is 13.7. The summed E-state index contributed by atoms with van der Waals surface area (Å²) in [6.45, 7) is 0. The van der Waals surface area contributed by atoms with Crippen molar-refractivity contribution in [2.75, 3.05) is 0 Å². The number of rotatable bonds is 6. The molecule has 0 saturated carbocycles. The second-order valence-corrected chi connectivity index (χ2v) is 15.9. The lowest BCUT2D eigenvalue weighted by Gasteiger charge is -2.14. The predicted molar refractivity (Wildman–Crippen MR) is 254 cm³/mol. The van der Waals surface area contributed by atoms with Crippen LogP contribution in [0.4, 0.5) is 0 Å². The third kappa shape index (κ3) is 5.17. The highest BCUT2D eigenvalue weighted by atomic mass is 16.3. The number of furan rings is 1. The van der Waals surface area contributed by atoms with Gasteiger partial charge in [0, 0.05) is 49.4 Å². The second-order valence-electron chi connectivity index (χ2n) is 15.9. The fourth-order valence-electron chi connectivity index (χ4n) is 9.64. The van der Waals surface area contributed by atoms with E-state index in [4.69, 9.17) is 14.6 Å². The van der Waals surface area contributed by atoms with Crippen molar-refractivity contribution in [2.45, 2.75) is 0 Å². The Morgan fingerprint density at radius 3 is 1.48 bits per heavy atom. The molecule has 0 aliphatic rings. The summed E-state index contributed by atoms with van der Waals surface area (Å²) >= 11 is 0. The Hall–Kier alpha value is -8.48. The van der Waals surface area contributed by atoms with E-state index in [1.807, 2.05) is 42.5 Å². The molecule has 62 heavy (non-hydrogen) atoms. The van der Waals surface area contributed by atoms with E-state index in [0.717, 1.165) is 95.0 Å². The number of hydrogen-bond acceptors (Lipinski definition) is 3. The standard InChI is InChI=1S/C56H35N5O/c1-3-15-36(16-4-1)55-57-58-56(37-17-5-2-6-18-37)61(55)42-29-30-45-43-23-7-10-26-48(43)59(50(45)35-42)40-21-13-19-38(33-40)39-20-14-22-41(34-39)60-49-27-11-8-24-44(49)46-31-32-52-53(54(46)60)47-25-9-12-28-51(47)62-52/h1-35H. The molecule has 13 aromatic rings. The van der Waals surface area contributed by atoms with Gasteiger partial charge in [-0.1, -0.05) is 146 Å². The lowest BCUT2D eigenvalue weighted by Crippen LogP contribution is -2.01. The van der Waals surface area contributed by atoms with Crippen molar-refractivity contribution in [3.63, 3.8) is 0 Å². The minimum atomic E-state index is 0.790. The van der Waals surface area contributed by atoms with Crippen LogP contribution in [0, 0.1) is 0 Å². The summed E-state index contributed by atoms with van der Waals surface area (Å²) in [5, 5.41) is 16.6. The van der Waals surface area contributed by atoms with E-state index in [1.54, 1.807) is 0 Å². The molecule has 13 rings (SSSR count). The van der Waals surface area contributed by atoms with Gasteiger partial charge in [0.1, 0.15) is 11.2 Å². The molecule has 0 aliphatic heterocycles. The van der Waals surface area contributed by atoms with Crippen LogP contribution in [0.15, 0.2) is 217 Å². The van der Waals surface area contributed by atoms with E-state index in [2.05, 4.69) is 184 Å². The average molecular weight is 794 g/mol. The Morgan fingerprint density at radius 2 is 0.806 bits per heavy atom. The van der Waals surface area contributed by atoms with Crippen molar-refractivity contribution >= 4 is 65.6 Å². The van der Waals surface area contributed by atoms with Crippen LogP contribution in [0.1, 0.15) is 0 Å². The van der Waals surface area contributed by atoms with E-state index < -0.39 is 0 Å². The van der Waals surface area contributed by atoms with E-state index in [0.29, 0.717) is 0 Å². The van der Waals surface area contributed by atoms with E-state index in [-0.39, 0.29) is 0 Å². The molecule has 6 nitrogen and oxygen atoms in total. The molecular weight excluding hydrogens is 759 g/mol. The van der Waals surface area contributed by atoms with Crippen LogP contribution in [0.3, 0.4) is 0 Å². The molecule has 0 fully saturated rings. The number of benzene rings is 9. The van der Waals surface area contributed by atoms with E-state index in [9.17, 15) is 0 Å². The summed E-state index contributed by atoms with van der Waals surface area (Å²) in [6.07, 6.45) is 0. The molecule has 6 heteroatoms. The Morgan fingerprint density at radius 1 is 0.306 bits per heavy atom. The minimum absolute atomic E-state index is 0.790. The number of para-hydroxylation sites is 3. The zero-order valence-electron chi connectivity index (χ0n) is 33.4. The van der Waals surface area contributed by atoms with Crippen LogP contribution in [0.5, 0.6) is 0 Å². The maximum absolute atomic E-state index is 6.41. The first kappa shape index (κ1) is 34.4. The van der Waals surface area contributed by atoms with Gasteiger partial charge >= 0.3 is 0 Å². The molecular formula is C56H35N5O. The van der Waals surface area contributed by atoms with Crippen LogP contribution < -0.4 is 0 Å². The van der Waals surface area contributed by atoms with Crippen LogP contribution in [0.25, 0.3) is 117 Å². The summed E-state index contributed by atoms with van der Waals surface area (Å²) in [4.78, 5) is 0. The van der Waals surface area contributed by atoms with Crippen molar-refractivity contribution < 1.29 is 4.42 Å². The average Bonchev–Trinajstić information content (AvgIpc) is 4.11. The first-order valence-electron chi connectivity index (χ1n) is 20.9. The fraction of sp³-hybridized carbons (Fsp3) is 0. The number of aromatic nitrogens is 5. The number of nitrogens with zero attached hydrogens (tertiary/aromatic N) is 5. The van der Waals surface area contributed by atoms with Gasteiger partial charge < -0.3 is 13.6 Å². The van der Waals surface area contributed by atoms with Gasteiger partial charge in [-0.15, -0.1) is 10.2 Å². The highest BCUT2D eigenvalue weighted by molar-refractivity contribution is 6.24. The second kappa shape index (κ2) is 13.5. The van der Waals surface area contributed by atoms with Crippen LogP contribution in [-0.4, -0.2) is 23.9 Å². The normalized spacial score (nSPS) is 11.9. The van der Waals surface area contributed by atoms with Crippen molar-refractivity contribution in [3.05, 3.63) is 212 Å². The van der Waals surface area contributed by atoms with Crippen molar-refractivity contribution in [1.29, 1.82) is 0 Å². The maximum Gasteiger partial charge on any atom is 0.168 e. The zero-order valence-corrected chi connectivity index (χ0v) is 33.4. The van der Waals surface area contributed by atoms with Crippen molar-refractivity contribution in [2.24, 2.45) is 0 Å². The Labute approximate surface area is 355 Å². The van der Waals surface area contributed by atoms with Gasteiger partial charge in [-0.2, -0.15) is 0 Å². The van der Waals surface area contributed by atoms with Crippen LogP contribution in [0.2, 0.25) is 0 Å². The summed E-state index contributed by atoms with van der Waals surface area (Å²) in [6, 6.07) is 75.2. The third-order valence-electron chi connectivity index (χ3n) is 12.4. The van der Waals surface area contributed by atoms with E-state index >= 15 is 0 Å². The summed E-state index contributed by atoms with van der Waals surface area (Å²) in [7, 11) is 0. The maximum atomic E-state index is 6.41. The molecule has 0 radical (unpaired) electrons. The van der Waals surface area contributed by atoms with Gasteiger partial charge in [-0.3, -0.25) is 4.57 Å². The molecule has 0 aliphatic carbocycles. The van der Waals surface area contributed by atoms with Gasteiger partial charge in [0.2, 0.25) is 0 Å². The topological polar surface area (TPSA) is 53.7 Å². The smallest absolute Gasteiger partial charge is 0.168 e. The molecule has 0 bridgehead atoms. The fourth-order valence-corrected chi connectivity index (χ4v) is 9.64. The molecule has 0 spiro atoms. The Balaban J connectivity index is 0.994. The minimum Gasteiger partial charge on any atom is -0.456 e. The first-order chi connectivity index (χ1) is 30.8. The highest BCUT2D eigenvalue weighted by Crippen LogP contribution is 2.42. The molecule has 4 aromatic heterocycles. The van der Waals surface area contributed by atoms with Gasteiger partial charge in [0.15, 0.2) is 11.6 Å². The molecule has 0 unspecified atom stereocenters. The molecule has 0 N–H and O–H groups in total. The highest BCUT2D eigenvalue weighted by Gasteiger charge is 2.22. The summed E-state index contributed by atoms with van der Waals surface area (Å²) in [5.74, 6) is 1.58. The molecule has 0 saturated heterocycles. The monoisotopic (exact) mass is 793 g/mol. The third-order valence-corrected chi connectivity index (χ3v) is 12.4. The van der Waals surface area contributed by atoms with Gasteiger partial charge in [0.25, 0.3) is 0 Å². The molecule has 4 heterocycles. The van der Waals surface area contributed by atoms with Crippen LogP contribution >= 0.6 is 0 Å². The van der Waals surface area contributed by atoms with Gasteiger partial charge in [0.05, 0.1) is 33.1 Å². The Bertz CT molecular complexity index is 3810. The SMILES string of the molecule is c1ccc(-c2nnc(-c3ccccc3)n2-c2ccc3c4ccccc4n(-c4cccc(-c5cccc(-n6c7ccccc7c7ccc8oc9ccccc9c8c76)c5)c4)c3c2)cc1. The van der Waals surface area contributed by atoms with Gasteiger partial charge in [-0.05, 0) is 77.9 Å². The van der Waals surface area contributed by atoms with Crippen molar-refractivity contribution in [1.82, 2.24) is 23.9 Å². The van der Waals surface area contributed by atoms with E-state index in [1.165, 1.54) is 21.5 Å². The number of hydrogen-bond donors (Lipinski definition) is 0. The largest absolute Gasteiger partial charge is 0.456 e. The van der Waals surface area contributed by atoms with Crippen LogP contribution in [-0.2, 0) is 0 Å². The predicted octanol–water partition coefficient (Wildman–Crippen LogP) is 14.4.